The molecule has 0 unspecified atom stereocenters. The van der Waals surface area contributed by atoms with Crippen molar-refractivity contribution in [2.45, 2.75) is 0 Å². The number of halogens is 1. The number of hydrogen-bond acceptors (Lipinski definition) is 3. The van der Waals surface area contributed by atoms with Crippen LogP contribution in [0.15, 0.2) is 23.0 Å². The average Bonchev–Trinajstić information content (AvgIpc) is 2.16. The van der Waals surface area contributed by atoms with Crippen LogP contribution in [-0.2, 0) is 0 Å². The number of fused-ring (bicyclic) bond motifs is 1. The van der Waals surface area contributed by atoms with Gasteiger partial charge in [-0.05, 0) is 23.7 Å². The van der Waals surface area contributed by atoms with Gasteiger partial charge in [-0.2, -0.15) is 0 Å². The smallest absolute Gasteiger partial charge is 0.263 e. The van der Waals surface area contributed by atoms with E-state index in [-0.39, 0.29) is 10.8 Å². The van der Waals surface area contributed by atoms with Gasteiger partial charge in [0, 0.05) is 0 Å². The number of rotatable bonds is 1. The first kappa shape index (κ1) is 9.02. The molecular formula is C9H7ClN2O2. The van der Waals surface area contributed by atoms with E-state index in [2.05, 4.69) is 9.97 Å². The Morgan fingerprint density at radius 2 is 2.29 bits per heavy atom. The second-order valence-electron chi connectivity index (χ2n) is 2.71. The van der Waals surface area contributed by atoms with Crippen LogP contribution in [0, 0.1) is 0 Å². The molecule has 14 heavy (non-hydrogen) atoms. The molecule has 0 amide bonds. The summed E-state index contributed by atoms with van der Waals surface area (Å²) in [5, 5.41) is 0.496. The molecule has 0 aliphatic carbocycles. The molecule has 1 N–H and O–H groups in total. The highest BCUT2D eigenvalue weighted by molar-refractivity contribution is 6.28. The van der Waals surface area contributed by atoms with Crippen molar-refractivity contribution in [1.82, 2.24) is 9.97 Å². The Morgan fingerprint density at radius 1 is 1.50 bits per heavy atom. The number of nitrogens with one attached hydrogen (secondary N) is 1. The summed E-state index contributed by atoms with van der Waals surface area (Å²) in [7, 11) is 1.50. The summed E-state index contributed by atoms with van der Waals surface area (Å²) in [6.45, 7) is 0. The lowest BCUT2D eigenvalue weighted by Gasteiger charge is -2.02. The zero-order chi connectivity index (χ0) is 10.1. The van der Waals surface area contributed by atoms with Gasteiger partial charge < -0.3 is 4.74 Å². The van der Waals surface area contributed by atoms with Gasteiger partial charge >= 0.3 is 0 Å². The van der Waals surface area contributed by atoms with Gasteiger partial charge in [-0.1, -0.05) is 6.07 Å². The van der Waals surface area contributed by atoms with E-state index in [4.69, 9.17) is 16.3 Å². The predicted molar refractivity (Wildman–Crippen MR) is 53.9 cm³/mol. The second kappa shape index (κ2) is 3.31. The largest absolute Gasteiger partial charge is 0.496 e. The highest BCUT2D eigenvalue weighted by Gasteiger charge is 2.07. The van der Waals surface area contributed by atoms with Crippen molar-refractivity contribution in [1.29, 1.82) is 0 Å². The monoisotopic (exact) mass is 210 g/mol. The Bertz CT molecular complexity index is 536. The number of methoxy groups -OCH3 is 1. The van der Waals surface area contributed by atoms with Gasteiger partial charge in [0.05, 0.1) is 12.6 Å². The van der Waals surface area contributed by atoms with Crippen LogP contribution in [-0.4, -0.2) is 17.1 Å². The van der Waals surface area contributed by atoms with E-state index < -0.39 is 0 Å². The molecule has 1 aromatic carbocycles. The number of aromatic amines is 1. The first-order valence-electron chi connectivity index (χ1n) is 3.95. The molecule has 0 bridgehead atoms. The second-order valence-corrected chi connectivity index (χ2v) is 3.07. The summed E-state index contributed by atoms with van der Waals surface area (Å²) in [5.41, 5.74) is 0.232. The van der Waals surface area contributed by atoms with E-state index >= 15 is 0 Å². The fraction of sp³-hybridized carbons (Fsp3) is 0.111. The quantitative estimate of drug-likeness (QED) is 0.728. The standard InChI is InChI=1S/C9H7ClN2O2/c1-14-6-4-2-3-5-7(6)8(13)12-9(10)11-5/h2-4H,1H3,(H,11,12,13). The van der Waals surface area contributed by atoms with E-state index in [0.717, 1.165) is 0 Å². The molecule has 0 saturated heterocycles. The minimum Gasteiger partial charge on any atom is -0.496 e. The Labute approximate surface area is 84.5 Å². The zero-order valence-corrected chi connectivity index (χ0v) is 8.13. The summed E-state index contributed by atoms with van der Waals surface area (Å²) >= 11 is 5.61. The summed E-state index contributed by atoms with van der Waals surface area (Å²) in [4.78, 5) is 17.9. The van der Waals surface area contributed by atoms with E-state index in [1.54, 1.807) is 18.2 Å². The van der Waals surface area contributed by atoms with Crippen molar-refractivity contribution in [2.75, 3.05) is 7.11 Å². The average molecular weight is 211 g/mol. The van der Waals surface area contributed by atoms with Crippen molar-refractivity contribution < 1.29 is 4.74 Å². The van der Waals surface area contributed by atoms with Crippen LogP contribution in [0.25, 0.3) is 10.9 Å². The van der Waals surface area contributed by atoms with Crippen molar-refractivity contribution >= 4 is 22.5 Å². The number of nitrogens with zero attached hydrogens (tertiary/aromatic N) is 1. The lowest BCUT2D eigenvalue weighted by atomic mass is 10.2. The Hall–Kier alpha value is -1.55. The van der Waals surface area contributed by atoms with Gasteiger partial charge in [0.2, 0.25) is 5.28 Å². The maximum Gasteiger partial charge on any atom is 0.263 e. The Balaban J connectivity index is 2.94. The molecule has 0 aliphatic rings. The third kappa shape index (κ3) is 1.33. The Kier molecular flexibility index (Phi) is 2.13. The van der Waals surface area contributed by atoms with E-state index in [0.29, 0.717) is 16.7 Å². The summed E-state index contributed by atoms with van der Waals surface area (Å²) < 4.78 is 5.05. The first-order chi connectivity index (χ1) is 6.72. The van der Waals surface area contributed by atoms with Gasteiger partial charge in [-0.25, -0.2) is 4.98 Å². The SMILES string of the molecule is COc1cccc2nc(Cl)[nH]c(=O)c12. The van der Waals surface area contributed by atoms with Crippen LogP contribution < -0.4 is 10.3 Å². The number of benzene rings is 1. The van der Waals surface area contributed by atoms with Crippen LogP contribution in [0.5, 0.6) is 5.75 Å². The lowest BCUT2D eigenvalue weighted by Crippen LogP contribution is -2.08. The molecule has 0 spiro atoms. The number of hydrogen-bond donors (Lipinski definition) is 1. The molecular weight excluding hydrogens is 204 g/mol. The molecule has 1 heterocycles. The molecule has 0 radical (unpaired) electrons. The maximum atomic E-state index is 11.5. The highest BCUT2D eigenvalue weighted by atomic mass is 35.5. The minimum atomic E-state index is -0.294. The van der Waals surface area contributed by atoms with Gasteiger partial charge in [-0.15, -0.1) is 0 Å². The fourth-order valence-electron chi connectivity index (χ4n) is 1.30. The summed E-state index contributed by atoms with van der Waals surface area (Å²) in [6.07, 6.45) is 0. The van der Waals surface area contributed by atoms with Crippen molar-refractivity contribution in [2.24, 2.45) is 0 Å². The predicted octanol–water partition coefficient (Wildman–Crippen LogP) is 1.59. The number of ether oxygens (including phenoxy) is 1. The van der Waals surface area contributed by atoms with Crippen molar-refractivity contribution in [3.05, 3.63) is 33.8 Å². The van der Waals surface area contributed by atoms with Gasteiger partial charge in [0.15, 0.2) is 0 Å². The van der Waals surface area contributed by atoms with Crippen LogP contribution >= 0.6 is 11.6 Å². The van der Waals surface area contributed by atoms with Gasteiger partial charge in [0.1, 0.15) is 11.1 Å². The van der Waals surface area contributed by atoms with Crippen LogP contribution in [0.3, 0.4) is 0 Å². The normalized spacial score (nSPS) is 10.4. The molecule has 1 aromatic heterocycles. The van der Waals surface area contributed by atoms with Crippen molar-refractivity contribution in [3.63, 3.8) is 0 Å². The topological polar surface area (TPSA) is 55.0 Å². The van der Waals surface area contributed by atoms with Crippen molar-refractivity contribution in [3.8, 4) is 5.75 Å². The molecule has 0 saturated carbocycles. The van der Waals surface area contributed by atoms with Gasteiger partial charge in [0.25, 0.3) is 5.56 Å². The maximum absolute atomic E-state index is 11.5. The minimum absolute atomic E-state index is 0.0794. The molecule has 4 nitrogen and oxygen atoms in total. The summed E-state index contributed by atoms with van der Waals surface area (Å²) in [5.74, 6) is 0.493. The third-order valence-corrected chi connectivity index (χ3v) is 2.07. The Morgan fingerprint density at radius 3 is 3.00 bits per heavy atom. The molecule has 0 fully saturated rings. The molecule has 5 heteroatoms. The van der Waals surface area contributed by atoms with Crippen LogP contribution in [0.2, 0.25) is 5.28 Å². The number of aromatic nitrogens is 2. The molecule has 0 atom stereocenters. The van der Waals surface area contributed by atoms with Crippen LogP contribution in [0.1, 0.15) is 0 Å². The number of H-pyrrole nitrogens is 1. The fourth-order valence-corrected chi connectivity index (χ4v) is 1.48. The van der Waals surface area contributed by atoms with E-state index in [1.165, 1.54) is 7.11 Å². The first-order valence-corrected chi connectivity index (χ1v) is 4.32. The summed E-state index contributed by atoms with van der Waals surface area (Å²) in [6, 6.07) is 5.16. The van der Waals surface area contributed by atoms with E-state index in [9.17, 15) is 4.79 Å². The highest BCUT2D eigenvalue weighted by Crippen LogP contribution is 2.20. The molecule has 72 valence electrons. The lowest BCUT2D eigenvalue weighted by molar-refractivity contribution is 0.419. The zero-order valence-electron chi connectivity index (χ0n) is 7.37. The molecule has 0 aliphatic heterocycles. The molecule has 2 aromatic rings. The van der Waals surface area contributed by atoms with Gasteiger partial charge in [-0.3, -0.25) is 9.78 Å². The molecule has 2 rings (SSSR count). The van der Waals surface area contributed by atoms with Crippen LogP contribution in [0.4, 0.5) is 0 Å². The third-order valence-electron chi connectivity index (χ3n) is 1.89. The van der Waals surface area contributed by atoms with E-state index in [1.807, 2.05) is 0 Å².